The van der Waals surface area contributed by atoms with Crippen LogP contribution in [0.2, 0.25) is 5.02 Å². The van der Waals surface area contributed by atoms with Crippen molar-refractivity contribution in [3.63, 3.8) is 0 Å². The largest absolute Gasteiger partial charge is 0.510 e. The molecule has 0 bridgehead atoms. The van der Waals surface area contributed by atoms with Crippen molar-refractivity contribution in [2.75, 3.05) is 13.7 Å². The van der Waals surface area contributed by atoms with Gasteiger partial charge in [-0.05, 0) is 29.8 Å². The molecule has 2 N–H and O–H groups in total. The average molecular weight is 383 g/mol. The van der Waals surface area contributed by atoms with Crippen LogP contribution in [0.5, 0.6) is 5.75 Å². The summed E-state index contributed by atoms with van der Waals surface area (Å²) in [7, 11) is 3.49. The van der Waals surface area contributed by atoms with E-state index in [4.69, 9.17) is 21.7 Å². The number of imidazole rings is 1. The van der Waals surface area contributed by atoms with Crippen LogP contribution >= 0.6 is 11.6 Å². The summed E-state index contributed by atoms with van der Waals surface area (Å²) in [6, 6.07) is 13.1. The second-order valence-electron chi connectivity index (χ2n) is 6.50. The Bertz CT molecular complexity index is 1070. The number of nitrogens with one attached hydrogen (secondary N) is 1. The molecule has 7 heteroatoms. The van der Waals surface area contributed by atoms with Gasteiger partial charge in [0.2, 0.25) is 0 Å². The van der Waals surface area contributed by atoms with E-state index in [-0.39, 0.29) is 18.1 Å². The highest BCUT2D eigenvalue weighted by molar-refractivity contribution is 6.30. The molecule has 0 radical (unpaired) electrons. The van der Waals surface area contributed by atoms with Gasteiger partial charge in [0.15, 0.2) is 0 Å². The van der Waals surface area contributed by atoms with Gasteiger partial charge in [-0.2, -0.15) is 0 Å². The third-order valence-electron chi connectivity index (χ3n) is 4.78. The first-order valence-electron chi connectivity index (χ1n) is 8.49. The van der Waals surface area contributed by atoms with Crippen LogP contribution in [0.1, 0.15) is 11.4 Å². The SMILES string of the molecule is COc1ccc2c(c1)nc(C1=C(O)CN(Cc3ccc(Cl)cc3)C1=N)n2C. The third kappa shape index (κ3) is 3.02. The smallest absolute Gasteiger partial charge is 0.148 e. The van der Waals surface area contributed by atoms with Gasteiger partial charge in [0.1, 0.15) is 23.2 Å². The fraction of sp³-hybridized carbons (Fsp3) is 0.200. The molecule has 2 heterocycles. The second-order valence-corrected chi connectivity index (χ2v) is 6.94. The quantitative estimate of drug-likeness (QED) is 0.715. The molecule has 1 aliphatic heterocycles. The van der Waals surface area contributed by atoms with Gasteiger partial charge in [-0.15, -0.1) is 0 Å². The molecule has 0 spiro atoms. The van der Waals surface area contributed by atoms with Crippen molar-refractivity contribution in [3.8, 4) is 5.75 Å². The summed E-state index contributed by atoms with van der Waals surface area (Å²) in [6.45, 7) is 0.796. The van der Waals surface area contributed by atoms with Crippen molar-refractivity contribution in [1.82, 2.24) is 14.5 Å². The fourth-order valence-corrected chi connectivity index (χ4v) is 3.47. The summed E-state index contributed by atoms with van der Waals surface area (Å²) < 4.78 is 7.15. The zero-order chi connectivity index (χ0) is 19.1. The van der Waals surface area contributed by atoms with Gasteiger partial charge < -0.3 is 19.3 Å². The van der Waals surface area contributed by atoms with Gasteiger partial charge in [-0.3, -0.25) is 5.41 Å². The number of benzene rings is 2. The maximum absolute atomic E-state index is 10.6. The number of hydrogen-bond donors (Lipinski definition) is 2. The number of aryl methyl sites for hydroxylation is 1. The van der Waals surface area contributed by atoms with E-state index in [1.54, 1.807) is 7.11 Å². The van der Waals surface area contributed by atoms with Crippen LogP contribution < -0.4 is 4.74 Å². The summed E-state index contributed by atoms with van der Waals surface area (Å²) in [5.41, 5.74) is 3.15. The Labute approximate surface area is 161 Å². The van der Waals surface area contributed by atoms with Crippen LogP contribution in [0.15, 0.2) is 48.2 Å². The molecular formula is C20H19ClN4O2. The summed E-state index contributed by atoms with van der Waals surface area (Å²) in [4.78, 5) is 6.45. The topological polar surface area (TPSA) is 74.4 Å². The van der Waals surface area contributed by atoms with Crippen molar-refractivity contribution in [3.05, 3.63) is 64.6 Å². The molecule has 4 rings (SSSR count). The molecule has 0 saturated heterocycles. The predicted octanol–water partition coefficient (Wildman–Crippen LogP) is 4.00. The number of methoxy groups -OCH3 is 1. The monoisotopic (exact) mass is 382 g/mol. The molecule has 2 aromatic carbocycles. The first-order chi connectivity index (χ1) is 13.0. The molecular weight excluding hydrogens is 364 g/mol. The molecule has 1 aromatic heterocycles. The van der Waals surface area contributed by atoms with Crippen molar-refractivity contribution in [1.29, 1.82) is 5.41 Å². The van der Waals surface area contributed by atoms with Crippen molar-refractivity contribution in [2.24, 2.45) is 7.05 Å². The minimum absolute atomic E-state index is 0.152. The number of rotatable bonds is 4. The molecule has 3 aromatic rings. The standard InChI is InChI=1S/C20H19ClN4O2/c1-24-16-8-7-14(27-2)9-15(16)23-20(24)18-17(26)11-25(19(18)22)10-12-3-5-13(21)6-4-12/h3-9,22,26H,10-11H2,1-2H3. The minimum Gasteiger partial charge on any atom is -0.510 e. The third-order valence-corrected chi connectivity index (χ3v) is 5.03. The molecule has 0 fully saturated rings. The van der Waals surface area contributed by atoms with E-state index in [0.29, 0.717) is 23.0 Å². The highest BCUT2D eigenvalue weighted by Crippen LogP contribution is 2.31. The van der Waals surface area contributed by atoms with E-state index < -0.39 is 0 Å². The Morgan fingerprint density at radius 1 is 1.22 bits per heavy atom. The van der Waals surface area contributed by atoms with E-state index in [0.717, 1.165) is 22.3 Å². The predicted molar refractivity (Wildman–Crippen MR) is 106 cm³/mol. The zero-order valence-corrected chi connectivity index (χ0v) is 15.8. The molecule has 138 valence electrons. The lowest BCUT2D eigenvalue weighted by molar-refractivity contribution is 0.347. The van der Waals surface area contributed by atoms with Crippen LogP contribution in [-0.2, 0) is 13.6 Å². The normalized spacial score (nSPS) is 14.5. The Balaban J connectivity index is 1.66. The van der Waals surface area contributed by atoms with E-state index in [2.05, 4.69) is 4.98 Å². The Morgan fingerprint density at radius 3 is 2.67 bits per heavy atom. The molecule has 0 aliphatic carbocycles. The molecule has 1 aliphatic rings. The number of hydrogen-bond acceptors (Lipinski definition) is 4. The molecule has 0 atom stereocenters. The van der Waals surface area contributed by atoms with Crippen LogP contribution in [0.3, 0.4) is 0 Å². The van der Waals surface area contributed by atoms with E-state index in [9.17, 15) is 5.11 Å². The van der Waals surface area contributed by atoms with Crippen molar-refractivity contribution in [2.45, 2.75) is 6.54 Å². The number of nitrogens with zero attached hydrogens (tertiary/aromatic N) is 3. The lowest BCUT2D eigenvalue weighted by Gasteiger charge is -2.18. The lowest BCUT2D eigenvalue weighted by Crippen LogP contribution is -2.26. The molecule has 27 heavy (non-hydrogen) atoms. The fourth-order valence-electron chi connectivity index (χ4n) is 3.34. The summed E-state index contributed by atoms with van der Waals surface area (Å²) >= 11 is 5.94. The number of aliphatic hydroxyl groups is 1. The van der Waals surface area contributed by atoms with Crippen LogP contribution in [0, 0.1) is 5.41 Å². The van der Waals surface area contributed by atoms with Crippen LogP contribution in [-0.4, -0.2) is 39.0 Å². The zero-order valence-electron chi connectivity index (χ0n) is 15.0. The van der Waals surface area contributed by atoms with E-state index in [1.807, 2.05) is 59.0 Å². The van der Waals surface area contributed by atoms with E-state index in [1.165, 1.54) is 0 Å². The van der Waals surface area contributed by atoms with Crippen molar-refractivity contribution < 1.29 is 9.84 Å². The van der Waals surface area contributed by atoms with Gasteiger partial charge in [0.25, 0.3) is 0 Å². The highest BCUT2D eigenvalue weighted by Gasteiger charge is 2.31. The van der Waals surface area contributed by atoms with Crippen LogP contribution in [0.25, 0.3) is 16.6 Å². The summed E-state index contributed by atoms with van der Waals surface area (Å²) in [5, 5.41) is 19.8. The number of ether oxygens (including phenoxy) is 1. The van der Waals surface area contributed by atoms with Gasteiger partial charge in [-0.1, -0.05) is 23.7 Å². The Morgan fingerprint density at radius 2 is 1.96 bits per heavy atom. The van der Waals surface area contributed by atoms with Gasteiger partial charge >= 0.3 is 0 Å². The average Bonchev–Trinajstić information content (AvgIpc) is 3.12. The Kier molecular flexibility index (Phi) is 4.28. The molecule has 0 amide bonds. The van der Waals surface area contributed by atoms with Gasteiger partial charge in [0, 0.05) is 24.7 Å². The summed E-state index contributed by atoms with van der Waals surface area (Å²) in [5.74, 6) is 1.70. The Hall–Kier alpha value is -2.99. The highest BCUT2D eigenvalue weighted by atomic mass is 35.5. The summed E-state index contributed by atoms with van der Waals surface area (Å²) in [6.07, 6.45) is 0. The lowest BCUT2D eigenvalue weighted by atomic mass is 10.2. The number of fused-ring (bicyclic) bond motifs is 1. The number of aliphatic hydroxyl groups excluding tert-OH is 1. The first-order valence-corrected chi connectivity index (χ1v) is 8.87. The van der Waals surface area contributed by atoms with Gasteiger partial charge in [-0.25, -0.2) is 4.98 Å². The maximum atomic E-state index is 10.6. The molecule has 0 saturated carbocycles. The molecule has 0 unspecified atom stereocenters. The van der Waals surface area contributed by atoms with Crippen molar-refractivity contribution >= 4 is 34.0 Å². The number of halogens is 1. The first kappa shape index (κ1) is 17.4. The van der Waals surface area contributed by atoms with E-state index >= 15 is 0 Å². The minimum atomic E-state index is 0.152. The van der Waals surface area contributed by atoms with Gasteiger partial charge in [0.05, 0.1) is 30.3 Å². The maximum Gasteiger partial charge on any atom is 0.148 e. The number of aromatic nitrogens is 2. The second kappa shape index (κ2) is 6.63. The number of amidine groups is 1. The van der Waals surface area contributed by atoms with Crippen LogP contribution in [0.4, 0.5) is 0 Å². The molecule has 6 nitrogen and oxygen atoms in total.